The van der Waals surface area contributed by atoms with Gasteiger partial charge in [-0.15, -0.1) is 10.2 Å². The highest BCUT2D eigenvalue weighted by Gasteiger charge is 2.31. The molecular formula is C24H24F3N5O4S. The van der Waals surface area contributed by atoms with Gasteiger partial charge in [0.1, 0.15) is 21.3 Å². The van der Waals surface area contributed by atoms with Crippen LogP contribution in [-0.4, -0.2) is 57.9 Å². The monoisotopic (exact) mass is 535 g/mol. The highest BCUT2D eigenvalue weighted by molar-refractivity contribution is 7.17. The molecule has 9 nitrogen and oxygen atoms in total. The average Bonchev–Trinajstić information content (AvgIpc) is 3.33. The Hall–Kier alpha value is -3.74. The number of hydrogen-bond donors (Lipinski definition) is 0. The normalized spacial score (nSPS) is 14.5. The number of amides is 1. The number of anilines is 1. The quantitative estimate of drug-likeness (QED) is 0.305. The van der Waals surface area contributed by atoms with Crippen molar-refractivity contribution >= 4 is 28.8 Å². The van der Waals surface area contributed by atoms with Gasteiger partial charge in [-0.3, -0.25) is 10.1 Å². The van der Waals surface area contributed by atoms with Gasteiger partial charge in [0.05, 0.1) is 10.5 Å². The third kappa shape index (κ3) is 6.16. The van der Waals surface area contributed by atoms with Gasteiger partial charge in [-0.05, 0) is 45.0 Å². The lowest BCUT2D eigenvalue weighted by molar-refractivity contribution is -0.384. The molecule has 0 N–H and O–H groups in total. The van der Waals surface area contributed by atoms with Crippen molar-refractivity contribution in [1.29, 1.82) is 0 Å². The number of benzene rings is 2. The van der Waals surface area contributed by atoms with E-state index in [-0.39, 0.29) is 5.69 Å². The Bertz CT molecular complexity index is 1300. The number of carbonyl (C=O) groups is 1. The summed E-state index contributed by atoms with van der Waals surface area (Å²) in [5.74, 6) is 0. The molecule has 37 heavy (non-hydrogen) atoms. The third-order valence-electron chi connectivity index (χ3n) is 5.58. The molecule has 4 rings (SSSR count). The van der Waals surface area contributed by atoms with Crippen molar-refractivity contribution in [3.8, 4) is 21.1 Å². The van der Waals surface area contributed by atoms with E-state index in [9.17, 15) is 28.1 Å². The number of piperazine rings is 1. The van der Waals surface area contributed by atoms with Crippen LogP contribution in [-0.2, 0) is 10.9 Å². The standard InChI is InChI=1S/C24H24F3N5O4S/c1-23(2,3)36-22(33)31-12-10-30(11-13-31)18-9-6-16(14-19(18)32(34)35)21-29-28-20(37-21)15-4-7-17(8-5-15)24(25,26)27/h4-9,14H,10-13H2,1-3H3. The minimum atomic E-state index is -4.44. The minimum absolute atomic E-state index is 0.116. The van der Waals surface area contributed by atoms with Gasteiger partial charge < -0.3 is 14.5 Å². The summed E-state index contributed by atoms with van der Waals surface area (Å²) >= 11 is 1.12. The van der Waals surface area contributed by atoms with Crippen molar-refractivity contribution in [3.05, 3.63) is 58.1 Å². The Morgan fingerprint density at radius 3 is 2.08 bits per heavy atom. The number of nitro groups is 1. The Morgan fingerprint density at radius 1 is 0.973 bits per heavy atom. The van der Waals surface area contributed by atoms with Gasteiger partial charge in [0, 0.05) is 43.4 Å². The largest absolute Gasteiger partial charge is 0.444 e. The Kier molecular flexibility index (Phi) is 7.09. The van der Waals surface area contributed by atoms with Crippen LogP contribution in [0.25, 0.3) is 21.1 Å². The molecule has 2 heterocycles. The van der Waals surface area contributed by atoms with Crippen LogP contribution in [0.2, 0.25) is 0 Å². The fourth-order valence-electron chi connectivity index (χ4n) is 3.78. The number of halogens is 3. The van der Waals surface area contributed by atoms with E-state index in [1.54, 1.807) is 37.8 Å². The maximum Gasteiger partial charge on any atom is 0.416 e. The van der Waals surface area contributed by atoms with Gasteiger partial charge in [-0.25, -0.2) is 4.79 Å². The first-order valence-electron chi connectivity index (χ1n) is 11.3. The first kappa shape index (κ1) is 26.3. The summed E-state index contributed by atoms with van der Waals surface area (Å²) in [6.45, 7) is 6.89. The lowest BCUT2D eigenvalue weighted by Gasteiger charge is -2.36. The molecule has 0 saturated carbocycles. The highest BCUT2D eigenvalue weighted by atomic mass is 32.1. The zero-order valence-electron chi connectivity index (χ0n) is 20.3. The predicted octanol–water partition coefficient (Wildman–Crippen LogP) is 5.86. The fraction of sp³-hybridized carbons (Fsp3) is 0.375. The van der Waals surface area contributed by atoms with Crippen LogP contribution in [0, 0.1) is 10.1 Å². The molecule has 13 heteroatoms. The molecule has 0 spiro atoms. The molecule has 1 aliphatic heterocycles. The molecule has 0 unspecified atom stereocenters. The van der Waals surface area contributed by atoms with E-state index in [4.69, 9.17) is 4.74 Å². The van der Waals surface area contributed by atoms with E-state index in [1.807, 2.05) is 4.90 Å². The van der Waals surface area contributed by atoms with Crippen molar-refractivity contribution in [1.82, 2.24) is 15.1 Å². The van der Waals surface area contributed by atoms with Gasteiger partial charge in [0.2, 0.25) is 0 Å². The van der Waals surface area contributed by atoms with E-state index < -0.39 is 28.4 Å². The number of ether oxygens (including phenoxy) is 1. The molecule has 196 valence electrons. The molecule has 0 radical (unpaired) electrons. The second kappa shape index (κ2) is 9.96. The summed E-state index contributed by atoms with van der Waals surface area (Å²) in [5.41, 5.74) is -0.136. The van der Waals surface area contributed by atoms with Crippen molar-refractivity contribution < 1.29 is 27.6 Å². The predicted molar refractivity (Wildman–Crippen MR) is 132 cm³/mol. The third-order valence-corrected chi connectivity index (χ3v) is 6.60. The van der Waals surface area contributed by atoms with E-state index in [1.165, 1.54) is 18.2 Å². The van der Waals surface area contributed by atoms with Gasteiger partial charge in [-0.2, -0.15) is 13.2 Å². The molecule has 3 aromatic rings. The highest BCUT2D eigenvalue weighted by Crippen LogP contribution is 2.37. The molecule has 1 aliphatic rings. The summed E-state index contributed by atoms with van der Waals surface area (Å²) in [6, 6.07) is 9.31. The number of aromatic nitrogens is 2. The second-order valence-corrected chi connectivity index (χ2v) is 10.4. The van der Waals surface area contributed by atoms with Crippen molar-refractivity contribution in [2.24, 2.45) is 0 Å². The maximum absolute atomic E-state index is 12.8. The smallest absolute Gasteiger partial charge is 0.416 e. The molecule has 0 atom stereocenters. The zero-order chi connectivity index (χ0) is 27.0. The van der Waals surface area contributed by atoms with E-state index >= 15 is 0 Å². The summed E-state index contributed by atoms with van der Waals surface area (Å²) in [7, 11) is 0. The molecule has 0 aliphatic carbocycles. The van der Waals surface area contributed by atoms with Crippen molar-refractivity contribution in [2.75, 3.05) is 31.1 Å². The van der Waals surface area contributed by atoms with Crippen LogP contribution in [0.1, 0.15) is 26.3 Å². The summed E-state index contributed by atoms with van der Waals surface area (Å²) in [5, 5.41) is 20.8. The maximum atomic E-state index is 12.8. The summed E-state index contributed by atoms with van der Waals surface area (Å²) in [6.07, 6.45) is -4.86. The minimum Gasteiger partial charge on any atom is -0.444 e. The number of nitrogens with zero attached hydrogens (tertiary/aromatic N) is 5. The molecule has 1 fully saturated rings. The average molecular weight is 536 g/mol. The van der Waals surface area contributed by atoms with Gasteiger partial charge >= 0.3 is 12.3 Å². The van der Waals surface area contributed by atoms with Crippen LogP contribution in [0.5, 0.6) is 0 Å². The lowest BCUT2D eigenvalue weighted by Crippen LogP contribution is -2.50. The topological polar surface area (TPSA) is 102 Å². The van der Waals surface area contributed by atoms with Crippen LogP contribution < -0.4 is 4.90 Å². The zero-order valence-corrected chi connectivity index (χ0v) is 21.1. The van der Waals surface area contributed by atoms with E-state index in [2.05, 4.69) is 10.2 Å². The molecule has 1 amide bonds. The van der Waals surface area contributed by atoms with E-state index in [0.717, 1.165) is 23.5 Å². The SMILES string of the molecule is CC(C)(C)OC(=O)N1CCN(c2ccc(-c3nnc(-c4ccc(C(F)(F)F)cc4)s3)cc2[N+](=O)[O-])CC1. The number of alkyl halides is 3. The van der Waals surface area contributed by atoms with E-state index in [0.29, 0.717) is 53.0 Å². The lowest BCUT2D eigenvalue weighted by atomic mass is 10.1. The summed E-state index contributed by atoms with van der Waals surface area (Å²) in [4.78, 5) is 27.1. The van der Waals surface area contributed by atoms with Crippen LogP contribution >= 0.6 is 11.3 Å². The molecule has 1 aromatic heterocycles. The van der Waals surface area contributed by atoms with Gasteiger partial charge in [0.25, 0.3) is 5.69 Å². The van der Waals surface area contributed by atoms with Crippen molar-refractivity contribution in [2.45, 2.75) is 32.5 Å². The van der Waals surface area contributed by atoms with Crippen LogP contribution in [0.3, 0.4) is 0 Å². The molecule has 1 saturated heterocycles. The summed E-state index contributed by atoms with van der Waals surface area (Å²) < 4.78 is 43.9. The Labute approximate surface area is 214 Å². The number of carbonyl (C=O) groups excluding carboxylic acids is 1. The number of rotatable bonds is 4. The van der Waals surface area contributed by atoms with Crippen LogP contribution in [0.4, 0.5) is 29.3 Å². The number of hydrogen-bond acceptors (Lipinski definition) is 8. The van der Waals surface area contributed by atoms with Gasteiger partial charge in [0.15, 0.2) is 0 Å². The fourth-order valence-corrected chi connectivity index (χ4v) is 4.63. The first-order chi connectivity index (χ1) is 17.3. The van der Waals surface area contributed by atoms with Crippen molar-refractivity contribution in [3.63, 3.8) is 0 Å². The molecular weight excluding hydrogens is 511 g/mol. The number of nitro benzene ring substituents is 1. The Morgan fingerprint density at radius 2 is 1.54 bits per heavy atom. The molecule has 2 aromatic carbocycles. The Balaban J connectivity index is 1.51. The van der Waals surface area contributed by atoms with Gasteiger partial charge in [-0.1, -0.05) is 23.5 Å². The first-order valence-corrected chi connectivity index (χ1v) is 12.2. The second-order valence-electron chi connectivity index (χ2n) is 9.40. The van der Waals surface area contributed by atoms with Crippen LogP contribution in [0.15, 0.2) is 42.5 Å². The molecule has 0 bridgehead atoms.